The number of aryl methyl sites for hydroxylation is 1. The minimum atomic E-state index is -0.581. The fraction of sp³-hybridized carbons (Fsp3) is 0.385. The lowest BCUT2D eigenvalue weighted by molar-refractivity contribution is -0.127. The molecule has 0 radical (unpaired) electrons. The number of hydrogen-bond donors (Lipinski definition) is 2. The van der Waals surface area contributed by atoms with E-state index < -0.39 is 11.9 Å². The largest absolute Gasteiger partial charge is 0.368 e. The Hall–Kier alpha value is -1.84. The van der Waals surface area contributed by atoms with Crippen molar-refractivity contribution >= 4 is 11.8 Å². The van der Waals surface area contributed by atoms with Crippen LogP contribution in [0.3, 0.4) is 0 Å². The molecule has 1 rings (SSSR count). The van der Waals surface area contributed by atoms with E-state index in [1.165, 1.54) is 0 Å². The van der Waals surface area contributed by atoms with Gasteiger partial charge in [0.25, 0.3) is 0 Å². The summed E-state index contributed by atoms with van der Waals surface area (Å²) >= 11 is 0. The molecule has 0 aliphatic carbocycles. The highest BCUT2D eigenvalue weighted by molar-refractivity contribution is 5.86. The van der Waals surface area contributed by atoms with Crippen molar-refractivity contribution in [3.05, 3.63) is 35.9 Å². The predicted octanol–water partition coefficient (Wildman–Crippen LogP) is 0.999. The Morgan fingerprint density at radius 1 is 1.29 bits per heavy atom. The van der Waals surface area contributed by atoms with E-state index in [2.05, 4.69) is 5.32 Å². The molecule has 0 aromatic heterocycles. The summed E-state index contributed by atoms with van der Waals surface area (Å²) in [5.74, 6) is -0.635. The third-order valence-corrected chi connectivity index (χ3v) is 2.56. The quantitative estimate of drug-likeness (QED) is 0.770. The number of primary amides is 1. The lowest BCUT2D eigenvalue weighted by atomic mass is 10.0. The van der Waals surface area contributed by atoms with Gasteiger partial charge < -0.3 is 11.1 Å². The first-order valence-electron chi connectivity index (χ1n) is 5.76. The SMILES string of the molecule is CCC(=O)N[C@@H](CCc1ccccc1)C(N)=O. The van der Waals surface area contributed by atoms with Gasteiger partial charge in [-0.1, -0.05) is 37.3 Å². The summed E-state index contributed by atoms with van der Waals surface area (Å²) in [6.07, 6.45) is 1.61. The van der Waals surface area contributed by atoms with Crippen molar-refractivity contribution in [2.75, 3.05) is 0 Å². The zero-order valence-electron chi connectivity index (χ0n) is 9.98. The summed E-state index contributed by atoms with van der Waals surface area (Å²) in [6.45, 7) is 1.74. The van der Waals surface area contributed by atoms with E-state index in [4.69, 9.17) is 5.73 Å². The molecule has 0 fully saturated rings. The molecule has 17 heavy (non-hydrogen) atoms. The molecule has 0 saturated heterocycles. The van der Waals surface area contributed by atoms with E-state index in [1.54, 1.807) is 6.92 Å². The third-order valence-electron chi connectivity index (χ3n) is 2.56. The summed E-state index contributed by atoms with van der Waals surface area (Å²) in [5, 5.41) is 2.62. The van der Waals surface area contributed by atoms with Gasteiger partial charge in [0.15, 0.2) is 0 Å². The molecule has 2 amide bonds. The summed E-state index contributed by atoms with van der Waals surface area (Å²) in [4.78, 5) is 22.4. The molecule has 0 heterocycles. The molecule has 92 valence electrons. The Morgan fingerprint density at radius 3 is 2.47 bits per heavy atom. The van der Waals surface area contributed by atoms with E-state index in [1.807, 2.05) is 30.3 Å². The van der Waals surface area contributed by atoms with E-state index in [0.717, 1.165) is 12.0 Å². The molecule has 0 unspecified atom stereocenters. The highest BCUT2D eigenvalue weighted by atomic mass is 16.2. The highest BCUT2D eigenvalue weighted by Gasteiger charge is 2.16. The fourth-order valence-electron chi connectivity index (χ4n) is 1.54. The van der Waals surface area contributed by atoms with E-state index in [-0.39, 0.29) is 5.91 Å². The molecule has 4 heteroatoms. The lowest BCUT2D eigenvalue weighted by Gasteiger charge is -2.14. The third kappa shape index (κ3) is 4.68. The van der Waals surface area contributed by atoms with Crippen molar-refractivity contribution in [3.8, 4) is 0 Å². The molecule has 0 bridgehead atoms. The normalized spacial score (nSPS) is 11.8. The summed E-state index contributed by atoms with van der Waals surface area (Å²) < 4.78 is 0. The second-order valence-corrected chi connectivity index (χ2v) is 3.90. The maximum Gasteiger partial charge on any atom is 0.240 e. The van der Waals surface area contributed by atoms with Crippen molar-refractivity contribution in [1.82, 2.24) is 5.32 Å². The Labute approximate surface area is 101 Å². The molecule has 3 N–H and O–H groups in total. The number of hydrogen-bond acceptors (Lipinski definition) is 2. The molecule has 1 aromatic rings. The van der Waals surface area contributed by atoms with Gasteiger partial charge in [-0.3, -0.25) is 9.59 Å². The number of benzene rings is 1. The zero-order valence-corrected chi connectivity index (χ0v) is 9.98. The first kappa shape index (κ1) is 13.2. The van der Waals surface area contributed by atoms with Gasteiger partial charge in [0.05, 0.1) is 0 Å². The van der Waals surface area contributed by atoms with Gasteiger partial charge in [-0.15, -0.1) is 0 Å². The molecular formula is C13H18N2O2. The maximum atomic E-state index is 11.2. The van der Waals surface area contributed by atoms with Gasteiger partial charge in [0.1, 0.15) is 6.04 Å². The molecular weight excluding hydrogens is 216 g/mol. The molecule has 0 spiro atoms. The van der Waals surface area contributed by atoms with Crippen molar-refractivity contribution in [3.63, 3.8) is 0 Å². The molecule has 0 aliphatic rings. The van der Waals surface area contributed by atoms with Crippen LogP contribution < -0.4 is 11.1 Å². The van der Waals surface area contributed by atoms with Crippen molar-refractivity contribution in [2.24, 2.45) is 5.73 Å². The fourth-order valence-corrected chi connectivity index (χ4v) is 1.54. The second-order valence-electron chi connectivity index (χ2n) is 3.90. The molecule has 1 aromatic carbocycles. The van der Waals surface area contributed by atoms with Crippen LogP contribution in [0.4, 0.5) is 0 Å². The van der Waals surface area contributed by atoms with Crippen molar-refractivity contribution < 1.29 is 9.59 Å². The topological polar surface area (TPSA) is 72.2 Å². The number of nitrogens with one attached hydrogen (secondary N) is 1. The van der Waals surface area contributed by atoms with Gasteiger partial charge in [0, 0.05) is 6.42 Å². The van der Waals surface area contributed by atoms with Crippen molar-refractivity contribution in [2.45, 2.75) is 32.2 Å². The lowest BCUT2D eigenvalue weighted by Crippen LogP contribution is -2.44. The van der Waals surface area contributed by atoms with Crippen LogP contribution in [0.5, 0.6) is 0 Å². The molecule has 4 nitrogen and oxygen atoms in total. The Balaban J connectivity index is 2.50. The standard InChI is InChI=1S/C13H18N2O2/c1-2-12(16)15-11(13(14)17)9-8-10-6-4-3-5-7-10/h3-7,11H,2,8-9H2,1H3,(H2,14,17)(H,15,16)/t11-/m0/s1. The highest BCUT2D eigenvalue weighted by Crippen LogP contribution is 2.05. The number of rotatable bonds is 6. The van der Waals surface area contributed by atoms with E-state index >= 15 is 0 Å². The first-order chi connectivity index (χ1) is 8.13. The van der Waals surface area contributed by atoms with Gasteiger partial charge in [-0.2, -0.15) is 0 Å². The van der Waals surface area contributed by atoms with Crippen LogP contribution in [0.15, 0.2) is 30.3 Å². The molecule has 1 atom stereocenters. The Morgan fingerprint density at radius 2 is 1.94 bits per heavy atom. The smallest absolute Gasteiger partial charge is 0.240 e. The van der Waals surface area contributed by atoms with Crippen LogP contribution in [0.2, 0.25) is 0 Å². The summed E-state index contributed by atoms with van der Waals surface area (Å²) in [7, 11) is 0. The monoisotopic (exact) mass is 234 g/mol. The number of carbonyl (C=O) groups is 2. The van der Waals surface area contributed by atoms with Crippen LogP contribution in [0.25, 0.3) is 0 Å². The Bertz CT molecular complexity index is 376. The summed E-state index contributed by atoms with van der Waals surface area (Å²) in [5.41, 5.74) is 6.38. The number of nitrogens with two attached hydrogens (primary N) is 1. The number of amides is 2. The minimum Gasteiger partial charge on any atom is -0.368 e. The van der Waals surface area contributed by atoms with Crippen LogP contribution in [-0.4, -0.2) is 17.9 Å². The van der Waals surface area contributed by atoms with Crippen LogP contribution in [0.1, 0.15) is 25.3 Å². The molecule has 0 aliphatic heterocycles. The summed E-state index contributed by atoms with van der Waals surface area (Å²) in [6, 6.07) is 9.22. The molecule has 0 saturated carbocycles. The van der Waals surface area contributed by atoms with Crippen LogP contribution >= 0.6 is 0 Å². The van der Waals surface area contributed by atoms with Gasteiger partial charge in [0.2, 0.25) is 11.8 Å². The Kier molecular flexibility index (Phi) is 5.20. The van der Waals surface area contributed by atoms with E-state index in [0.29, 0.717) is 12.8 Å². The average molecular weight is 234 g/mol. The second kappa shape index (κ2) is 6.68. The van der Waals surface area contributed by atoms with Crippen molar-refractivity contribution in [1.29, 1.82) is 0 Å². The van der Waals surface area contributed by atoms with Gasteiger partial charge in [-0.05, 0) is 18.4 Å². The van der Waals surface area contributed by atoms with Crippen LogP contribution in [0, 0.1) is 0 Å². The van der Waals surface area contributed by atoms with Crippen LogP contribution in [-0.2, 0) is 16.0 Å². The maximum absolute atomic E-state index is 11.2. The van der Waals surface area contributed by atoms with Gasteiger partial charge in [-0.25, -0.2) is 0 Å². The number of carbonyl (C=O) groups excluding carboxylic acids is 2. The minimum absolute atomic E-state index is 0.151. The van der Waals surface area contributed by atoms with Gasteiger partial charge >= 0.3 is 0 Å². The average Bonchev–Trinajstić information content (AvgIpc) is 2.35. The van der Waals surface area contributed by atoms with E-state index in [9.17, 15) is 9.59 Å². The zero-order chi connectivity index (χ0) is 12.7. The predicted molar refractivity (Wildman–Crippen MR) is 66.2 cm³/mol. The first-order valence-corrected chi connectivity index (χ1v) is 5.76.